The fourth-order valence-electron chi connectivity index (χ4n) is 2.83. The van der Waals surface area contributed by atoms with Gasteiger partial charge in [0.25, 0.3) is 11.8 Å². The Morgan fingerprint density at radius 2 is 2.15 bits per heavy atom. The lowest BCUT2D eigenvalue weighted by molar-refractivity contribution is 0.0943. The molecule has 0 unspecified atom stereocenters. The molecule has 2 heterocycles. The van der Waals surface area contributed by atoms with E-state index in [1.807, 2.05) is 18.2 Å². The van der Waals surface area contributed by atoms with Gasteiger partial charge in [-0.3, -0.25) is 9.59 Å². The van der Waals surface area contributed by atoms with Crippen molar-refractivity contribution in [2.75, 3.05) is 6.54 Å². The van der Waals surface area contributed by atoms with E-state index in [1.165, 1.54) is 0 Å². The van der Waals surface area contributed by atoms with Gasteiger partial charge in [0.2, 0.25) is 0 Å². The molecular weight excluding hydrogens is 254 g/mol. The Morgan fingerprint density at radius 3 is 2.95 bits per heavy atom. The smallest absolute Gasteiger partial charge is 0.268 e. The van der Waals surface area contributed by atoms with Gasteiger partial charge in [-0.05, 0) is 37.0 Å². The first-order chi connectivity index (χ1) is 9.74. The topological polar surface area (TPSA) is 74.0 Å². The summed E-state index contributed by atoms with van der Waals surface area (Å²) >= 11 is 0. The van der Waals surface area contributed by atoms with Gasteiger partial charge in [-0.1, -0.05) is 6.07 Å². The van der Waals surface area contributed by atoms with E-state index in [0.717, 1.165) is 29.3 Å². The molecule has 3 N–H and O–H groups in total. The number of aromatic nitrogens is 1. The molecule has 5 heteroatoms. The van der Waals surface area contributed by atoms with Crippen molar-refractivity contribution < 1.29 is 9.59 Å². The average Bonchev–Trinajstić information content (AvgIpc) is 3.19. The number of nitrogens with one attached hydrogen (secondary N) is 3. The predicted octanol–water partition coefficient (Wildman–Crippen LogP) is 1.35. The van der Waals surface area contributed by atoms with E-state index in [1.54, 1.807) is 0 Å². The third-order valence-corrected chi connectivity index (χ3v) is 3.97. The van der Waals surface area contributed by atoms with E-state index < -0.39 is 0 Å². The lowest BCUT2D eigenvalue weighted by atomic mass is 10.0. The molecule has 0 saturated heterocycles. The van der Waals surface area contributed by atoms with Gasteiger partial charge in [-0.2, -0.15) is 0 Å². The molecule has 1 saturated carbocycles. The maximum absolute atomic E-state index is 12.3. The summed E-state index contributed by atoms with van der Waals surface area (Å²) in [6, 6.07) is 5.88. The number of hydrogen-bond donors (Lipinski definition) is 3. The van der Waals surface area contributed by atoms with Crippen molar-refractivity contribution in [1.29, 1.82) is 0 Å². The quantitative estimate of drug-likeness (QED) is 0.770. The Labute approximate surface area is 115 Å². The standard InChI is InChI=1S/C15H15N3O2/c19-14-10-2-1-3-11-12(10)9(6-7-16-14)13(18-11)15(20)17-8-4-5-8/h1-3,8,18H,4-7H2,(H,16,19)(H,17,20). The molecule has 5 nitrogen and oxygen atoms in total. The Kier molecular flexibility index (Phi) is 2.36. The highest BCUT2D eigenvalue weighted by Gasteiger charge is 2.28. The number of aromatic amines is 1. The molecule has 1 aromatic heterocycles. The van der Waals surface area contributed by atoms with Crippen molar-refractivity contribution in [1.82, 2.24) is 15.6 Å². The molecule has 0 atom stereocenters. The Bertz CT molecular complexity index is 728. The minimum atomic E-state index is -0.0671. The van der Waals surface area contributed by atoms with Crippen molar-refractivity contribution >= 4 is 22.7 Å². The number of carbonyl (C=O) groups is 2. The van der Waals surface area contributed by atoms with E-state index in [0.29, 0.717) is 30.3 Å². The first kappa shape index (κ1) is 11.5. The molecule has 102 valence electrons. The van der Waals surface area contributed by atoms with Crippen LogP contribution in [0.1, 0.15) is 39.3 Å². The molecule has 20 heavy (non-hydrogen) atoms. The summed E-state index contributed by atoms with van der Waals surface area (Å²) in [4.78, 5) is 27.5. The zero-order valence-electron chi connectivity index (χ0n) is 11.0. The van der Waals surface area contributed by atoms with Crippen molar-refractivity contribution in [3.05, 3.63) is 35.0 Å². The van der Waals surface area contributed by atoms with Crippen molar-refractivity contribution in [2.24, 2.45) is 0 Å². The molecule has 1 aliphatic heterocycles. The second-order valence-corrected chi connectivity index (χ2v) is 5.46. The summed E-state index contributed by atoms with van der Waals surface area (Å²) in [6.45, 7) is 0.560. The van der Waals surface area contributed by atoms with Crippen LogP contribution >= 0.6 is 0 Å². The van der Waals surface area contributed by atoms with E-state index in [-0.39, 0.29) is 11.8 Å². The van der Waals surface area contributed by atoms with Crippen molar-refractivity contribution in [3.63, 3.8) is 0 Å². The Hall–Kier alpha value is -2.30. The van der Waals surface area contributed by atoms with Crippen LogP contribution in [0.15, 0.2) is 18.2 Å². The van der Waals surface area contributed by atoms with Gasteiger partial charge in [-0.15, -0.1) is 0 Å². The van der Waals surface area contributed by atoms with Gasteiger partial charge >= 0.3 is 0 Å². The predicted molar refractivity (Wildman–Crippen MR) is 74.8 cm³/mol. The summed E-state index contributed by atoms with van der Waals surface area (Å²) in [5.41, 5.74) is 3.06. The van der Waals surface area contributed by atoms with E-state index in [2.05, 4.69) is 15.6 Å². The molecule has 0 spiro atoms. The van der Waals surface area contributed by atoms with Crippen LogP contribution in [0.4, 0.5) is 0 Å². The van der Waals surface area contributed by atoms with Crippen LogP contribution in [0.2, 0.25) is 0 Å². The molecule has 1 aromatic carbocycles. The lowest BCUT2D eigenvalue weighted by Gasteiger charge is -2.04. The van der Waals surface area contributed by atoms with E-state index >= 15 is 0 Å². The summed E-state index contributed by atoms with van der Waals surface area (Å²) < 4.78 is 0. The van der Waals surface area contributed by atoms with Crippen LogP contribution in [0.5, 0.6) is 0 Å². The first-order valence-corrected chi connectivity index (χ1v) is 6.96. The van der Waals surface area contributed by atoms with Gasteiger partial charge in [0.15, 0.2) is 0 Å². The van der Waals surface area contributed by atoms with Gasteiger partial charge in [0.05, 0.1) is 0 Å². The highest BCUT2D eigenvalue weighted by molar-refractivity contribution is 6.11. The third kappa shape index (κ3) is 1.70. The molecule has 2 aliphatic rings. The Morgan fingerprint density at radius 1 is 1.30 bits per heavy atom. The normalized spacial score (nSPS) is 17.7. The van der Waals surface area contributed by atoms with Crippen LogP contribution in [0.25, 0.3) is 10.9 Å². The van der Waals surface area contributed by atoms with Crippen LogP contribution in [-0.4, -0.2) is 29.4 Å². The van der Waals surface area contributed by atoms with E-state index in [9.17, 15) is 9.59 Å². The number of hydrogen-bond acceptors (Lipinski definition) is 2. The van der Waals surface area contributed by atoms with Crippen LogP contribution < -0.4 is 10.6 Å². The highest BCUT2D eigenvalue weighted by Crippen LogP contribution is 2.29. The minimum Gasteiger partial charge on any atom is -0.352 e. The number of carbonyl (C=O) groups excluding carboxylic acids is 2. The third-order valence-electron chi connectivity index (χ3n) is 3.97. The van der Waals surface area contributed by atoms with Crippen LogP contribution in [-0.2, 0) is 6.42 Å². The van der Waals surface area contributed by atoms with Crippen molar-refractivity contribution in [2.45, 2.75) is 25.3 Å². The van der Waals surface area contributed by atoms with Crippen LogP contribution in [0, 0.1) is 0 Å². The summed E-state index contributed by atoms with van der Waals surface area (Å²) in [5.74, 6) is -0.124. The maximum Gasteiger partial charge on any atom is 0.268 e. The SMILES string of the molecule is O=C(NC1CC1)c1[nH]c2cccc3c2c1CCNC3=O. The summed E-state index contributed by atoms with van der Waals surface area (Å²) in [6.07, 6.45) is 2.80. The van der Waals surface area contributed by atoms with E-state index in [4.69, 9.17) is 0 Å². The fourth-order valence-corrected chi connectivity index (χ4v) is 2.83. The Balaban J connectivity index is 1.89. The lowest BCUT2D eigenvalue weighted by Crippen LogP contribution is -2.27. The molecule has 0 bridgehead atoms. The molecule has 1 aliphatic carbocycles. The molecule has 0 radical (unpaired) electrons. The van der Waals surface area contributed by atoms with Gasteiger partial charge in [-0.25, -0.2) is 0 Å². The van der Waals surface area contributed by atoms with Gasteiger partial charge in [0.1, 0.15) is 5.69 Å². The maximum atomic E-state index is 12.3. The highest BCUT2D eigenvalue weighted by atomic mass is 16.2. The minimum absolute atomic E-state index is 0.0565. The average molecular weight is 269 g/mol. The number of amides is 2. The summed E-state index contributed by atoms with van der Waals surface area (Å²) in [5, 5.41) is 6.77. The van der Waals surface area contributed by atoms with Crippen molar-refractivity contribution in [3.8, 4) is 0 Å². The molecule has 4 rings (SSSR count). The monoisotopic (exact) mass is 269 g/mol. The molecule has 2 aromatic rings. The van der Waals surface area contributed by atoms with Gasteiger partial charge in [0, 0.05) is 29.1 Å². The zero-order valence-corrected chi connectivity index (χ0v) is 11.0. The summed E-state index contributed by atoms with van der Waals surface area (Å²) in [7, 11) is 0. The molecule has 1 fully saturated rings. The van der Waals surface area contributed by atoms with Gasteiger partial charge < -0.3 is 15.6 Å². The molecular formula is C15H15N3O2. The van der Waals surface area contributed by atoms with Crippen LogP contribution in [0.3, 0.4) is 0 Å². The number of benzene rings is 1. The second kappa shape index (κ2) is 4.10. The fraction of sp³-hybridized carbons (Fsp3) is 0.333. The zero-order chi connectivity index (χ0) is 13.7. The molecule has 2 amide bonds. The largest absolute Gasteiger partial charge is 0.352 e. The first-order valence-electron chi connectivity index (χ1n) is 6.96. The number of H-pyrrole nitrogens is 1. The second-order valence-electron chi connectivity index (χ2n) is 5.46. The number of rotatable bonds is 2.